The van der Waals surface area contributed by atoms with Crippen LogP contribution in [-0.4, -0.2) is 166 Å². The van der Waals surface area contributed by atoms with Gasteiger partial charge in [-0.05, 0) is 124 Å². The molecule has 5 aliphatic heterocycles. The molecule has 9 rings (SSSR count). The number of piperazine rings is 1. The van der Waals surface area contributed by atoms with E-state index in [1.807, 2.05) is 31.2 Å². The Morgan fingerprint density at radius 1 is 0.861 bits per heavy atom. The van der Waals surface area contributed by atoms with E-state index in [4.69, 9.17) is 9.47 Å². The summed E-state index contributed by atoms with van der Waals surface area (Å²) < 4.78 is 40.7. The lowest BCUT2D eigenvalue weighted by molar-refractivity contribution is -0.144. The zero-order valence-electron chi connectivity index (χ0n) is 45.7. The van der Waals surface area contributed by atoms with E-state index >= 15 is 4.39 Å². The number of morpholine rings is 1. The number of anilines is 2. The molecule has 1 unspecified atom stereocenters. The van der Waals surface area contributed by atoms with Gasteiger partial charge in [0.2, 0.25) is 23.6 Å². The summed E-state index contributed by atoms with van der Waals surface area (Å²) in [7, 11) is 1.65. The molecule has 0 spiro atoms. The van der Waals surface area contributed by atoms with Crippen molar-refractivity contribution in [3.8, 4) is 0 Å². The third kappa shape index (κ3) is 13.0. The van der Waals surface area contributed by atoms with E-state index in [2.05, 4.69) is 55.5 Å². The maximum absolute atomic E-state index is 15.6. The van der Waals surface area contributed by atoms with Gasteiger partial charge in [0, 0.05) is 94.9 Å². The van der Waals surface area contributed by atoms with Crippen molar-refractivity contribution in [2.75, 3.05) is 96.0 Å². The van der Waals surface area contributed by atoms with Gasteiger partial charge in [-0.2, -0.15) is 0 Å². The Morgan fingerprint density at radius 2 is 1.61 bits per heavy atom. The van der Waals surface area contributed by atoms with Crippen molar-refractivity contribution in [2.24, 2.45) is 5.92 Å². The van der Waals surface area contributed by atoms with Crippen LogP contribution in [0, 0.1) is 17.6 Å². The molecule has 3 fully saturated rings. The Morgan fingerprint density at radius 3 is 2.37 bits per heavy atom. The molecule has 0 aromatic heterocycles. The lowest BCUT2D eigenvalue weighted by atomic mass is 9.83. The zero-order valence-corrected chi connectivity index (χ0v) is 45.7. The van der Waals surface area contributed by atoms with Gasteiger partial charge < -0.3 is 51.2 Å². The lowest BCUT2D eigenvalue weighted by Crippen LogP contribution is -2.62. The van der Waals surface area contributed by atoms with Crippen LogP contribution in [0.4, 0.5) is 20.2 Å². The van der Waals surface area contributed by atoms with E-state index in [0.717, 1.165) is 42.4 Å². The van der Waals surface area contributed by atoms with Crippen molar-refractivity contribution >= 4 is 46.8 Å². The smallest absolute Gasteiger partial charge is 0.251 e. The van der Waals surface area contributed by atoms with Crippen molar-refractivity contribution in [3.63, 3.8) is 0 Å². The van der Waals surface area contributed by atoms with Gasteiger partial charge in [-0.15, -0.1) is 0 Å². The molecule has 3 saturated heterocycles. The van der Waals surface area contributed by atoms with Gasteiger partial charge in [-0.25, -0.2) is 8.78 Å². The average molecular weight is 1090 g/mol. The Bertz CT molecular complexity index is 2890. The van der Waals surface area contributed by atoms with E-state index in [1.165, 1.54) is 29.2 Å². The third-order valence-corrected chi connectivity index (χ3v) is 16.4. The van der Waals surface area contributed by atoms with Crippen LogP contribution in [0.2, 0.25) is 0 Å². The molecule has 422 valence electrons. The van der Waals surface area contributed by atoms with Gasteiger partial charge in [-0.1, -0.05) is 48.5 Å². The standard InChI is InChI=1S/C59H74F2N10O8/c1-36-30-69(45(29-65-36)32-68-22-25-79-34-37(68)2)33-51(72)71-35-59(4,47-16-12-40(27-50(47)71)26-39-10-14-44(60)15-11-39)58(77)64-21-20-63-55(74)42-13-17-48(61)49(28-42)66-56(75)53-46-9-7-6-8-43(46)31-70(53)57(76)52(41-18-23-78-24-19-41)67-54(73)38(3)62-5/h6-17,27-28,36-38,41,45,52-53,62,65H,18-26,29-35H2,1-5H3,(H,63,74)(H,64,77)(H,66,75)(H,67,73)/t36-,37-,38+,45-,52+,53+,59?/m1/s1. The molecule has 6 amide bonds. The van der Waals surface area contributed by atoms with Gasteiger partial charge in [0.05, 0.1) is 36.9 Å². The normalized spacial score (nSPS) is 23.3. The first-order valence-electron chi connectivity index (χ1n) is 27.6. The van der Waals surface area contributed by atoms with Crippen molar-refractivity contribution in [3.05, 3.63) is 130 Å². The summed E-state index contributed by atoms with van der Waals surface area (Å²) in [6.45, 7) is 13.2. The van der Waals surface area contributed by atoms with Crippen LogP contribution in [0.1, 0.15) is 84.8 Å². The van der Waals surface area contributed by atoms with Crippen molar-refractivity contribution in [1.29, 1.82) is 0 Å². The number of nitrogens with one attached hydrogen (secondary N) is 6. The van der Waals surface area contributed by atoms with Gasteiger partial charge in [-0.3, -0.25) is 38.6 Å². The highest BCUT2D eigenvalue weighted by molar-refractivity contribution is 6.04. The summed E-state index contributed by atoms with van der Waals surface area (Å²) in [5.74, 6) is -3.98. The summed E-state index contributed by atoms with van der Waals surface area (Å²) in [4.78, 5) is 92.7. The van der Waals surface area contributed by atoms with Gasteiger partial charge in [0.1, 0.15) is 23.7 Å². The highest BCUT2D eigenvalue weighted by Gasteiger charge is 2.48. The molecular weight excluding hydrogens is 1010 g/mol. The fourth-order valence-corrected chi connectivity index (χ4v) is 11.6. The van der Waals surface area contributed by atoms with Crippen LogP contribution < -0.4 is 36.8 Å². The number of hydrogen-bond donors (Lipinski definition) is 6. The molecule has 20 heteroatoms. The maximum atomic E-state index is 15.6. The Labute approximate surface area is 460 Å². The average Bonchev–Trinajstić information content (AvgIpc) is 4.12. The molecular formula is C59H74F2N10O8. The number of amides is 6. The number of hydrogen-bond acceptors (Lipinski definition) is 12. The molecule has 5 heterocycles. The number of rotatable bonds is 18. The molecule has 5 aliphatic rings. The molecule has 0 aliphatic carbocycles. The van der Waals surface area contributed by atoms with Crippen molar-refractivity contribution in [1.82, 2.24) is 41.3 Å². The summed E-state index contributed by atoms with van der Waals surface area (Å²) in [5, 5.41) is 17.8. The number of benzene rings is 4. The first-order valence-corrected chi connectivity index (χ1v) is 27.6. The number of carbonyl (C=O) groups excluding carboxylic acids is 6. The van der Waals surface area contributed by atoms with Crippen LogP contribution in [0.5, 0.6) is 0 Å². The molecule has 4 aromatic carbocycles. The molecule has 79 heavy (non-hydrogen) atoms. The molecule has 6 N–H and O–H groups in total. The van der Waals surface area contributed by atoms with Gasteiger partial charge in [0.15, 0.2) is 0 Å². The van der Waals surface area contributed by atoms with E-state index in [-0.39, 0.29) is 91.6 Å². The van der Waals surface area contributed by atoms with Crippen LogP contribution >= 0.6 is 0 Å². The largest absolute Gasteiger partial charge is 0.381 e. The molecule has 7 atom stereocenters. The fourth-order valence-electron chi connectivity index (χ4n) is 11.6. The minimum absolute atomic E-state index is 0.00991. The summed E-state index contributed by atoms with van der Waals surface area (Å²) in [5.41, 5.74) is 2.97. The summed E-state index contributed by atoms with van der Waals surface area (Å²) in [6.07, 6.45) is 1.54. The van der Waals surface area contributed by atoms with Gasteiger partial charge >= 0.3 is 0 Å². The number of carbonyl (C=O) groups is 6. The van der Waals surface area contributed by atoms with Crippen LogP contribution in [0.25, 0.3) is 0 Å². The minimum Gasteiger partial charge on any atom is -0.381 e. The highest BCUT2D eigenvalue weighted by atomic mass is 19.1. The molecule has 18 nitrogen and oxygen atoms in total. The summed E-state index contributed by atoms with van der Waals surface area (Å²) in [6, 6.07) is 20.5. The summed E-state index contributed by atoms with van der Waals surface area (Å²) >= 11 is 0. The topological polar surface area (TPSA) is 206 Å². The zero-order chi connectivity index (χ0) is 56.0. The highest BCUT2D eigenvalue weighted by Crippen LogP contribution is 2.42. The molecule has 0 bridgehead atoms. The number of likely N-dealkylation sites (N-methyl/N-ethyl adjacent to an activating group) is 1. The number of nitrogens with zero attached hydrogens (tertiary/aromatic N) is 4. The number of fused-ring (bicyclic) bond motifs is 2. The van der Waals surface area contributed by atoms with E-state index in [1.54, 1.807) is 49.2 Å². The Balaban J connectivity index is 0.860. The lowest BCUT2D eigenvalue weighted by Gasteiger charge is -2.43. The monoisotopic (exact) mass is 1090 g/mol. The molecule has 0 radical (unpaired) electrons. The Hall–Kier alpha value is -6.68. The van der Waals surface area contributed by atoms with E-state index in [0.29, 0.717) is 69.0 Å². The SMILES string of the molecule is CN[C@@H](C)C(=O)N[C@H](C(=O)N1Cc2ccccc2[C@H]1C(=O)Nc1cc(C(=O)NCCNC(=O)C2(C)CN(C(=O)CN3C[C@@H](C)NC[C@@H]3CN3CCOC[C@H]3C)c3cc(Cc4ccc(F)cc4)ccc32)ccc1F)C1CCOCC1. The molecule has 4 aromatic rings. The van der Waals surface area contributed by atoms with Crippen LogP contribution in [0.15, 0.2) is 84.9 Å². The fraction of sp³-hybridized carbons (Fsp3) is 0.492. The quantitative estimate of drug-likeness (QED) is 0.0792. The maximum Gasteiger partial charge on any atom is 0.251 e. The Kier molecular flexibility index (Phi) is 18.2. The minimum atomic E-state index is -1.18. The predicted octanol–water partition coefficient (Wildman–Crippen LogP) is 3.63. The second-order valence-corrected chi connectivity index (χ2v) is 22.0. The predicted molar refractivity (Wildman–Crippen MR) is 294 cm³/mol. The van der Waals surface area contributed by atoms with Gasteiger partial charge in [0.25, 0.3) is 11.8 Å². The van der Waals surface area contributed by atoms with E-state index < -0.39 is 47.1 Å². The van der Waals surface area contributed by atoms with Crippen LogP contribution in [-0.2, 0) is 51.8 Å². The first-order chi connectivity index (χ1) is 38.0. The number of halogens is 2. The number of ether oxygens (including phenoxy) is 2. The molecule has 0 saturated carbocycles. The van der Waals surface area contributed by atoms with E-state index in [9.17, 15) is 33.2 Å². The van der Waals surface area contributed by atoms with Crippen molar-refractivity contribution in [2.45, 2.75) is 95.2 Å². The third-order valence-electron chi connectivity index (χ3n) is 16.4. The van der Waals surface area contributed by atoms with Crippen molar-refractivity contribution < 1.29 is 47.0 Å². The van der Waals surface area contributed by atoms with Crippen LogP contribution in [0.3, 0.4) is 0 Å². The second kappa shape index (κ2) is 25.2. The second-order valence-electron chi connectivity index (χ2n) is 22.0. The first kappa shape index (κ1) is 57.0.